The highest BCUT2D eigenvalue weighted by atomic mass is 15.0. The van der Waals surface area contributed by atoms with E-state index in [9.17, 15) is 0 Å². The van der Waals surface area contributed by atoms with E-state index in [1.54, 1.807) is 6.20 Å². The van der Waals surface area contributed by atoms with Gasteiger partial charge in [0.1, 0.15) is 0 Å². The van der Waals surface area contributed by atoms with Crippen LogP contribution in [0.1, 0.15) is 37.7 Å². The second kappa shape index (κ2) is 9.34. The molecule has 6 rings (SSSR count). The molecule has 35 heavy (non-hydrogen) atoms. The number of nitrogens with one attached hydrogen (secondary N) is 1. The van der Waals surface area contributed by atoms with Gasteiger partial charge in [-0.25, -0.2) is 4.98 Å². The summed E-state index contributed by atoms with van der Waals surface area (Å²) in [6.45, 7) is 2.12. The van der Waals surface area contributed by atoms with Crippen molar-refractivity contribution in [2.45, 2.75) is 45.1 Å². The largest absolute Gasteiger partial charge is 0.352 e. The maximum atomic E-state index is 5.27. The zero-order chi connectivity index (χ0) is 23.6. The van der Waals surface area contributed by atoms with Crippen LogP contribution in [0.15, 0.2) is 90.2 Å². The Balaban J connectivity index is 1.62. The van der Waals surface area contributed by atoms with Gasteiger partial charge in [0.15, 0.2) is 0 Å². The summed E-state index contributed by atoms with van der Waals surface area (Å²) in [6.07, 6.45) is 9.75. The van der Waals surface area contributed by atoms with Crippen LogP contribution in [0.4, 0.5) is 11.4 Å². The lowest BCUT2D eigenvalue weighted by Crippen LogP contribution is -2.19. The van der Waals surface area contributed by atoms with Crippen LogP contribution < -0.4 is 10.7 Å². The van der Waals surface area contributed by atoms with Crippen LogP contribution >= 0.6 is 0 Å². The van der Waals surface area contributed by atoms with E-state index in [0.717, 1.165) is 57.7 Å². The molecule has 1 fully saturated rings. The van der Waals surface area contributed by atoms with Crippen LogP contribution in [0.5, 0.6) is 0 Å². The molecule has 3 aromatic rings. The van der Waals surface area contributed by atoms with Crippen LogP contribution in [0.2, 0.25) is 0 Å². The topological polar surface area (TPSA) is 55.1 Å². The molecule has 0 spiro atoms. The van der Waals surface area contributed by atoms with Crippen molar-refractivity contribution in [1.29, 1.82) is 0 Å². The summed E-state index contributed by atoms with van der Waals surface area (Å²) in [5.41, 5.74) is 8.31. The molecule has 1 saturated carbocycles. The molecule has 3 aliphatic rings. The lowest BCUT2D eigenvalue weighted by Gasteiger charge is -2.21. The number of hydrogen-bond donors (Lipinski definition) is 1. The third-order valence-corrected chi connectivity index (χ3v) is 6.83. The highest BCUT2D eigenvalue weighted by Gasteiger charge is 2.18. The number of hydrogen-bond acceptors (Lipinski definition) is 4. The first-order chi connectivity index (χ1) is 17.2. The van der Waals surface area contributed by atoms with Gasteiger partial charge in [0.2, 0.25) is 0 Å². The van der Waals surface area contributed by atoms with Gasteiger partial charge in [-0.2, -0.15) is 0 Å². The average molecular weight is 460 g/mol. The summed E-state index contributed by atoms with van der Waals surface area (Å²) in [5.74, 6) is 0. The zero-order valence-corrected chi connectivity index (χ0v) is 20.0. The number of aryl methyl sites for hydroxylation is 1. The van der Waals surface area contributed by atoms with E-state index in [4.69, 9.17) is 9.98 Å². The van der Waals surface area contributed by atoms with Crippen molar-refractivity contribution in [3.8, 4) is 17.1 Å². The highest BCUT2D eigenvalue weighted by Crippen LogP contribution is 2.31. The van der Waals surface area contributed by atoms with Crippen molar-refractivity contribution in [1.82, 2.24) is 14.5 Å². The van der Waals surface area contributed by atoms with Gasteiger partial charge in [-0.15, -0.1) is 0 Å². The maximum Gasteiger partial charge on any atom is 0.0900 e. The SMILES string of the molecule is Cc1ccc(-n2c3cc(=NC4CCCCC4)c(Nc4cccnc4)cc-3nc3ccccc32)cc1. The zero-order valence-electron chi connectivity index (χ0n) is 20.0. The van der Waals surface area contributed by atoms with Gasteiger partial charge in [-0.1, -0.05) is 49.1 Å². The summed E-state index contributed by atoms with van der Waals surface area (Å²) >= 11 is 0. The van der Waals surface area contributed by atoms with Gasteiger partial charge in [0.25, 0.3) is 0 Å². The van der Waals surface area contributed by atoms with Crippen LogP contribution in [-0.4, -0.2) is 20.6 Å². The third-order valence-electron chi connectivity index (χ3n) is 6.83. The Bertz CT molecular complexity index is 1500. The van der Waals surface area contributed by atoms with Gasteiger partial charge in [-0.05, 0) is 68.3 Å². The van der Waals surface area contributed by atoms with Crippen molar-refractivity contribution in [2.24, 2.45) is 4.99 Å². The predicted molar refractivity (Wildman–Crippen MR) is 142 cm³/mol. The molecule has 0 saturated heterocycles. The van der Waals surface area contributed by atoms with Crippen molar-refractivity contribution in [2.75, 3.05) is 5.32 Å². The molecule has 0 atom stereocenters. The minimum Gasteiger partial charge on any atom is -0.352 e. The molecule has 1 aromatic heterocycles. The first-order valence-corrected chi connectivity index (χ1v) is 12.5. The lowest BCUT2D eigenvalue weighted by molar-refractivity contribution is 0.437. The smallest absolute Gasteiger partial charge is 0.0900 e. The Morgan fingerprint density at radius 3 is 2.54 bits per heavy atom. The number of benzene rings is 3. The molecule has 0 radical (unpaired) electrons. The Labute approximate surface area is 205 Å². The predicted octanol–water partition coefficient (Wildman–Crippen LogP) is 6.81. The number of fused-ring (bicyclic) bond motifs is 2. The summed E-state index contributed by atoms with van der Waals surface area (Å²) in [7, 11) is 0. The number of aromatic nitrogens is 3. The molecule has 0 unspecified atom stereocenters. The second-order valence-corrected chi connectivity index (χ2v) is 9.42. The van der Waals surface area contributed by atoms with Crippen molar-refractivity contribution < 1.29 is 0 Å². The van der Waals surface area contributed by atoms with Crippen LogP contribution in [0.25, 0.3) is 28.1 Å². The molecule has 2 aromatic carbocycles. The van der Waals surface area contributed by atoms with E-state index in [-0.39, 0.29) is 0 Å². The fraction of sp³-hybridized carbons (Fsp3) is 0.233. The minimum absolute atomic E-state index is 0.358. The lowest BCUT2D eigenvalue weighted by atomic mass is 9.96. The molecule has 5 nitrogen and oxygen atoms in total. The van der Waals surface area contributed by atoms with Crippen molar-refractivity contribution >= 4 is 22.4 Å². The Kier molecular flexibility index (Phi) is 5.75. The molecule has 0 amide bonds. The van der Waals surface area contributed by atoms with Gasteiger partial charge in [0, 0.05) is 11.9 Å². The number of anilines is 2. The van der Waals surface area contributed by atoms with Crippen LogP contribution in [0.3, 0.4) is 0 Å². The average Bonchev–Trinajstić information content (AvgIpc) is 2.90. The van der Waals surface area contributed by atoms with Gasteiger partial charge < -0.3 is 9.88 Å². The van der Waals surface area contributed by atoms with Crippen LogP contribution in [0, 0.1) is 6.92 Å². The normalized spacial score (nSPS) is 15.1. The second-order valence-electron chi connectivity index (χ2n) is 9.42. The summed E-state index contributed by atoms with van der Waals surface area (Å²) in [4.78, 5) is 14.6. The molecule has 0 bridgehead atoms. The highest BCUT2D eigenvalue weighted by molar-refractivity contribution is 5.84. The monoisotopic (exact) mass is 459 g/mol. The standard InChI is InChI=1S/C30H29N5/c1-21-13-15-24(16-14-21)35-29-12-6-5-11-25(29)34-28-18-26(33-23-10-7-17-31-20-23)27(19-30(28)35)32-22-8-3-2-4-9-22/h5-7,10-20,22,33H,2-4,8-9H2,1H3. The summed E-state index contributed by atoms with van der Waals surface area (Å²) in [5, 5.41) is 4.54. The fourth-order valence-corrected chi connectivity index (χ4v) is 5.02. The fourth-order valence-electron chi connectivity index (χ4n) is 5.02. The number of rotatable bonds is 4. The Morgan fingerprint density at radius 1 is 0.914 bits per heavy atom. The molecular formula is C30H29N5. The van der Waals surface area contributed by atoms with Crippen LogP contribution in [-0.2, 0) is 0 Å². The maximum absolute atomic E-state index is 5.27. The molecular weight excluding hydrogens is 430 g/mol. The third kappa shape index (κ3) is 4.42. The van der Waals surface area contributed by atoms with E-state index in [2.05, 4.69) is 76.4 Å². The molecule has 174 valence electrons. The molecule has 2 heterocycles. The van der Waals surface area contributed by atoms with E-state index in [1.165, 1.54) is 24.8 Å². The van der Waals surface area contributed by atoms with Crippen molar-refractivity contribution in [3.63, 3.8) is 0 Å². The number of pyridine rings is 1. The van der Waals surface area contributed by atoms with E-state index in [0.29, 0.717) is 6.04 Å². The number of para-hydroxylation sites is 2. The summed E-state index contributed by atoms with van der Waals surface area (Å²) in [6, 6.07) is 25.7. The summed E-state index contributed by atoms with van der Waals surface area (Å²) < 4.78 is 2.31. The Hall–Kier alpha value is -3.99. The van der Waals surface area contributed by atoms with Gasteiger partial charge in [0.05, 0.1) is 51.4 Å². The molecule has 2 aliphatic carbocycles. The van der Waals surface area contributed by atoms with E-state index >= 15 is 0 Å². The van der Waals surface area contributed by atoms with Gasteiger partial charge in [-0.3, -0.25) is 9.98 Å². The quantitative estimate of drug-likeness (QED) is 0.300. The number of nitrogens with zero attached hydrogens (tertiary/aromatic N) is 4. The minimum atomic E-state index is 0.358. The van der Waals surface area contributed by atoms with E-state index in [1.807, 2.05) is 24.4 Å². The first-order valence-electron chi connectivity index (χ1n) is 12.5. The van der Waals surface area contributed by atoms with Gasteiger partial charge >= 0.3 is 0 Å². The van der Waals surface area contributed by atoms with E-state index < -0.39 is 0 Å². The molecule has 5 heteroatoms. The molecule has 1 aliphatic heterocycles. The first kappa shape index (κ1) is 21.5. The molecule has 1 N–H and O–H groups in total. The Morgan fingerprint density at radius 2 is 1.74 bits per heavy atom. The van der Waals surface area contributed by atoms with Crippen molar-refractivity contribution in [3.05, 3.63) is 96.1 Å².